The summed E-state index contributed by atoms with van der Waals surface area (Å²) in [6.45, 7) is 0.212. The second-order valence-corrected chi connectivity index (χ2v) is 8.20. The van der Waals surface area contributed by atoms with E-state index < -0.39 is 5.54 Å². The highest BCUT2D eigenvalue weighted by Crippen LogP contribution is 2.39. The van der Waals surface area contributed by atoms with E-state index in [4.69, 9.17) is 4.74 Å². The van der Waals surface area contributed by atoms with Gasteiger partial charge in [0.25, 0.3) is 11.8 Å². The Morgan fingerprint density at radius 2 is 1.65 bits per heavy atom. The number of carbonyl (C=O) groups is 3. The first-order valence-corrected chi connectivity index (χ1v) is 10.6. The molecule has 1 N–H and O–H groups in total. The standard InChI is InChI=1S/C24H27N3O4/c1-26-23(30)27(22(29)24(26)14-4-3-5-15-24)16-17-6-8-18(9-7-17)21(28)25-19-10-12-20(31-2)13-11-19/h6-13H,3-5,14-16H2,1-2H3,(H,25,28). The van der Waals surface area contributed by atoms with Crippen LogP contribution in [0, 0.1) is 0 Å². The van der Waals surface area contributed by atoms with Crippen LogP contribution >= 0.6 is 0 Å². The second-order valence-electron chi connectivity index (χ2n) is 8.20. The molecule has 1 spiro atoms. The van der Waals surface area contributed by atoms with Gasteiger partial charge >= 0.3 is 6.03 Å². The van der Waals surface area contributed by atoms with Gasteiger partial charge in [-0.2, -0.15) is 0 Å². The zero-order chi connectivity index (χ0) is 22.0. The normalized spacial score (nSPS) is 17.9. The Labute approximate surface area is 182 Å². The van der Waals surface area contributed by atoms with Crippen LogP contribution in [0.3, 0.4) is 0 Å². The van der Waals surface area contributed by atoms with Gasteiger partial charge in [-0.3, -0.25) is 14.5 Å². The zero-order valence-electron chi connectivity index (χ0n) is 17.9. The van der Waals surface area contributed by atoms with Crippen molar-refractivity contribution in [3.05, 3.63) is 59.7 Å². The number of ether oxygens (including phenoxy) is 1. The van der Waals surface area contributed by atoms with Gasteiger partial charge in [-0.1, -0.05) is 31.4 Å². The molecule has 7 heteroatoms. The third-order valence-electron chi connectivity index (χ3n) is 6.39. The first-order valence-electron chi connectivity index (χ1n) is 10.6. The van der Waals surface area contributed by atoms with Gasteiger partial charge in [-0.25, -0.2) is 4.79 Å². The van der Waals surface area contributed by atoms with Crippen molar-refractivity contribution < 1.29 is 19.1 Å². The van der Waals surface area contributed by atoms with Crippen molar-refractivity contribution in [3.63, 3.8) is 0 Å². The van der Waals surface area contributed by atoms with Crippen molar-refractivity contribution in [2.24, 2.45) is 0 Å². The number of urea groups is 1. The maximum atomic E-state index is 13.1. The first kappa shape index (κ1) is 20.9. The van der Waals surface area contributed by atoms with Crippen molar-refractivity contribution in [2.75, 3.05) is 19.5 Å². The molecule has 4 rings (SSSR count). The highest BCUT2D eigenvalue weighted by Gasteiger charge is 2.55. The Morgan fingerprint density at radius 1 is 1.00 bits per heavy atom. The van der Waals surface area contributed by atoms with Crippen LogP contribution in [0.4, 0.5) is 10.5 Å². The summed E-state index contributed by atoms with van der Waals surface area (Å²) in [6, 6.07) is 13.8. The van der Waals surface area contributed by atoms with E-state index in [9.17, 15) is 14.4 Å². The third-order valence-corrected chi connectivity index (χ3v) is 6.39. The van der Waals surface area contributed by atoms with Gasteiger partial charge in [0.2, 0.25) is 0 Å². The number of carbonyl (C=O) groups excluding carboxylic acids is 3. The number of likely N-dealkylation sites (N-methyl/N-ethyl adjacent to an activating group) is 1. The molecule has 0 bridgehead atoms. The number of imide groups is 1. The molecule has 4 amide bonds. The van der Waals surface area contributed by atoms with Crippen LogP contribution in [0.15, 0.2) is 48.5 Å². The Morgan fingerprint density at radius 3 is 2.26 bits per heavy atom. The van der Waals surface area contributed by atoms with Crippen molar-refractivity contribution in [1.29, 1.82) is 0 Å². The molecule has 1 aliphatic carbocycles. The molecular formula is C24H27N3O4. The molecular weight excluding hydrogens is 394 g/mol. The van der Waals surface area contributed by atoms with Crippen molar-refractivity contribution in [3.8, 4) is 5.75 Å². The Bertz CT molecular complexity index is 979. The largest absolute Gasteiger partial charge is 0.497 e. The monoisotopic (exact) mass is 421 g/mol. The summed E-state index contributed by atoms with van der Waals surface area (Å²) in [5, 5.41) is 2.84. The summed E-state index contributed by atoms with van der Waals surface area (Å²) in [5.41, 5.74) is 1.31. The molecule has 1 aliphatic heterocycles. The topological polar surface area (TPSA) is 79.0 Å². The van der Waals surface area contributed by atoms with Gasteiger partial charge in [0.05, 0.1) is 13.7 Å². The van der Waals surface area contributed by atoms with Gasteiger partial charge in [-0.05, 0) is 54.8 Å². The predicted octanol–water partition coefficient (Wildman–Crippen LogP) is 4.04. The lowest BCUT2D eigenvalue weighted by Gasteiger charge is -2.35. The summed E-state index contributed by atoms with van der Waals surface area (Å²) in [5.74, 6) is 0.390. The molecule has 1 heterocycles. The number of nitrogens with zero attached hydrogens (tertiary/aromatic N) is 2. The third kappa shape index (κ3) is 3.87. The Balaban J connectivity index is 1.43. The lowest BCUT2D eigenvalue weighted by Crippen LogP contribution is -2.49. The molecule has 2 aromatic rings. The SMILES string of the molecule is COc1ccc(NC(=O)c2ccc(CN3C(=O)N(C)C4(CCCCC4)C3=O)cc2)cc1. The molecule has 162 valence electrons. The molecule has 1 saturated carbocycles. The number of nitrogens with one attached hydrogen (secondary N) is 1. The number of amides is 4. The van der Waals surface area contributed by atoms with Gasteiger partial charge in [0.1, 0.15) is 11.3 Å². The smallest absolute Gasteiger partial charge is 0.327 e. The number of hydrogen-bond acceptors (Lipinski definition) is 4. The number of benzene rings is 2. The molecule has 1 saturated heterocycles. The molecule has 2 fully saturated rings. The minimum atomic E-state index is -0.673. The molecule has 7 nitrogen and oxygen atoms in total. The van der Waals surface area contributed by atoms with Crippen molar-refractivity contribution >= 4 is 23.5 Å². The van der Waals surface area contributed by atoms with E-state index in [1.54, 1.807) is 67.6 Å². The molecule has 2 aromatic carbocycles. The maximum Gasteiger partial charge on any atom is 0.327 e. The van der Waals surface area contributed by atoms with Crippen LogP contribution in [0.25, 0.3) is 0 Å². The minimum Gasteiger partial charge on any atom is -0.497 e. The average molecular weight is 421 g/mol. The summed E-state index contributed by atoms with van der Waals surface area (Å²) in [7, 11) is 3.32. The molecule has 0 aromatic heterocycles. The van der Waals surface area contributed by atoms with Crippen LogP contribution in [-0.4, -0.2) is 47.3 Å². The summed E-state index contributed by atoms with van der Waals surface area (Å²) >= 11 is 0. The number of methoxy groups -OCH3 is 1. The van der Waals surface area contributed by atoms with Crippen LogP contribution in [0.1, 0.15) is 48.0 Å². The number of anilines is 1. The van der Waals surface area contributed by atoms with E-state index in [1.807, 2.05) is 0 Å². The van der Waals surface area contributed by atoms with E-state index in [2.05, 4.69) is 5.32 Å². The van der Waals surface area contributed by atoms with Crippen molar-refractivity contribution in [2.45, 2.75) is 44.2 Å². The second kappa shape index (κ2) is 8.41. The van der Waals surface area contributed by atoms with E-state index in [0.717, 1.165) is 37.7 Å². The van der Waals surface area contributed by atoms with Crippen LogP contribution in [0.2, 0.25) is 0 Å². The van der Waals surface area contributed by atoms with E-state index in [-0.39, 0.29) is 24.4 Å². The fraction of sp³-hybridized carbons (Fsp3) is 0.375. The summed E-state index contributed by atoms with van der Waals surface area (Å²) in [6.07, 6.45) is 4.51. The van der Waals surface area contributed by atoms with Gasteiger partial charge < -0.3 is 15.0 Å². The van der Waals surface area contributed by atoms with Gasteiger partial charge in [-0.15, -0.1) is 0 Å². The molecule has 31 heavy (non-hydrogen) atoms. The molecule has 2 aliphatic rings. The summed E-state index contributed by atoms with van der Waals surface area (Å²) in [4.78, 5) is 41.4. The fourth-order valence-electron chi connectivity index (χ4n) is 4.49. The number of rotatable bonds is 5. The highest BCUT2D eigenvalue weighted by molar-refractivity contribution is 6.07. The van der Waals surface area contributed by atoms with Crippen LogP contribution < -0.4 is 10.1 Å². The highest BCUT2D eigenvalue weighted by atomic mass is 16.5. The molecule has 0 atom stereocenters. The number of hydrogen-bond donors (Lipinski definition) is 1. The average Bonchev–Trinajstić information content (AvgIpc) is 2.97. The first-order chi connectivity index (χ1) is 14.9. The van der Waals surface area contributed by atoms with E-state index >= 15 is 0 Å². The Kier molecular flexibility index (Phi) is 5.67. The summed E-state index contributed by atoms with van der Waals surface area (Å²) < 4.78 is 5.12. The Hall–Kier alpha value is -3.35. The fourth-order valence-corrected chi connectivity index (χ4v) is 4.49. The lowest BCUT2D eigenvalue weighted by molar-refractivity contribution is -0.134. The van der Waals surface area contributed by atoms with Crippen LogP contribution in [-0.2, 0) is 11.3 Å². The van der Waals surface area contributed by atoms with E-state index in [1.165, 1.54) is 4.90 Å². The van der Waals surface area contributed by atoms with Gasteiger partial charge in [0.15, 0.2) is 0 Å². The lowest BCUT2D eigenvalue weighted by atomic mass is 9.80. The molecule has 0 unspecified atom stereocenters. The predicted molar refractivity (Wildman–Crippen MR) is 117 cm³/mol. The molecule has 0 radical (unpaired) electrons. The van der Waals surface area contributed by atoms with Crippen LogP contribution in [0.5, 0.6) is 5.75 Å². The minimum absolute atomic E-state index is 0.0963. The van der Waals surface area contributed by atoms with E-state index in [0.29, 0.717) is 17.0 Å². The van der Waals surface area contributed by atoms with Gasteiger partial charge in [0, 0.05) is 18.3 Å². The quantitative estimate of drug-likeness (QED) is 0.739. The zero-order valence-corrected chi connectivity index (χ0v) is 17.9. The maximum absolute atomic E-state index is 13.1. The van der Waals surface area contributed by atoms with Crippen molar-refractivity contribution in [1.82, 2.24) is 9.80 Å².